The number of aromatic nitrogens is 1. The van der Waals surface area contributed by atoms with Crippen molar-refractivity contribution in [2.45, 2.75) is 46.1 Å². The second kappa shape index (κ2) is 7.20. The van der Waals surface area contributed by atoms with Gasteiger partial charge in [-0.2, -0.15) is 0 Å². The summed E-state index contributed by atoms with van der Waals surface area (Å²) in [6, 6.07) is 4.05. The molecule has 0 saturated carbocycles. The number of amides is 1. The molecule has 5 nitrogen and oxygen atoms in total. The highest BCUT2D eigenvalue weighted by molar-refractivity contribution is 5.80. The fourth-order valence-electron chi connectivity index (χ4n) is 2.76. The molecule has 3 rings (SSSR count). The maximum Gasteiger partial charge on any atom is 0.418 e. The zero-order valence-corrected chi connectivity index (χ0v) is 15.7. The minimum atomic E-state index is -0.553. The molecule has 1 amide bonds. The van der Waals surface area contributed by atoms with Crippen molar-refractivity contribution in [3.05, 3.63) is 71.7 Å². The van der Waals surface area contributed by atoms with Crippen molar-refractivity contribution in [1.29, 1.82) is 0 Å². The quantitative estimate of drug-likeness (QED) is 0.745. The lowest BCUT2D eigenvalue weighted by Gasteiger charge is -2.26. The van der Waals surface area contributed by atoms with Gasteiger partial charge in [0, 0.05) is 23.0 Å². The Bertz CT molecular complexity index is 809. The van der Waals surface area contributed by atoms with Crippen molar-refractivity contribution in [3.8, 4) is 0 Å². The molecule has 0 saturated heterocycles. The van der Waals surface area contributed by atoms with E-state index < -0.39 is 11.7 Å². The standard InChI is InChI=1S/C21H24N2O3/c1-15-9-10-16(13-22-15)17-7-5-6-8-18(17)19-14-23(11-12-25-19)20(24)26-21(2,3)4/h5,7,9-14H,6,8H2,1-4H3. The summed E-state index contributed by atoms with van der Waals surface area (Å²) in [5.74, 6) is 0.651. The number of ether oxygens (including phenoxy) is 2. The normalized spacial score (nSPS) is 17.1. The van der Waals surface area contributed by atoms with Gasteiger partial charge >= 0.3 is 6.09 Å². The van der Waals surface area contributed by atoms with Crippen LogP contribution in [-0.4, -0.2) is 21.6 Å². The summed E-state index contributed by atoms with van der Waals surface area (Å²) in [5.41, 5.74) is 3.57. The van der Waals surface area contributed by atoms with Crippen molar-refractivity contribution in [1.82, 2.24) is 9.88 Å². The molecule has 1 aliphatic heterocycles. The molecular formula is C21H24N2O3. The van der Waals surface area contributed by atoms with Gasteiger partial charge in [-0.05, 0) is 52.2 Å². The van der Waals surface area contributed by atoms with Crippen LogP contribution in [-0.2, 0) is 9.47 Å². The van der Waals surface area contributed by atoms with E-state index in [1.54, 1.807) is 12.4 Å². The van der Waals surface area contributed by atoms with Gasteiger partial charge in [0.15, 0.2) is 0 Å². The van der Waals surface area contributed by atoms with Crippen LogP contribution in [0.1, 0.15) is 44.9 Å². The van der Waals surface area contributed by atoms with E-state index in [9.17, 15) is 4.79 Å². The molecular weight excluding hydrogens is 328 g/mol. The zero-order valence-electron chi connectivity index (χ0n) is 15.7. The number of nitrogens with zero attached hydrogens (tertiary/aromatic N) is 2. The molecule has 0 fully saturated rings. The lowest BCUT2D eigenvalue weighted by Crippen LogP contribution is -2.32. The van der Waals surface area contributed by atoms with Gasteiger partial charge in [0.2, 0.25) is 0 Å². The minimum Gasteiger partial charge on any atom is -0.462 e. The number of carbonyl (C=O) groups excluding carboxylic acids is 1. The molecule has 2 heterocycles. The maximum atomic E-state index is 12.3. The molecule has 26 heavy (non-hydrogen) atoms. The van der Waals surface area contributed by atoms with E-state index >= 15 is 0 Å². The molecule has 1 aromatic rings. The van der Waals surface area contributed by atoms with Crippen molar-refractivity contribution in [2.24, 2.45) is 0 Å². The number of allylic oxidation sites excluding steroid dienone is 4. The van der Waals surface area contributed by atoms with Crippen LogP contribution in [0.25, 0.3) is 5.57 Å². The smallest absolute Gasteiger partial charge is 0.418 e. The molecule has 0 N–H and O–H groups in total. The topological polar surface area (TPSA) is 51.7 Å². The maximum absolute atomic E-state index is 12.3. The first kappa shape index (κ1) is 18.0. The Morgan fingerprint density at radius 1 is 1.31 bits per heavy atom. The average Bonchev–Trinajstić information content (AvgIpc) is 2.61. The van der Waals surface area contributed by atoms with Crippen LogP contribution in [0.5, 0.6) is 0 Å². The van der Waals surface area contributed by atoms with Crippen molar-refractivity contribution in [3.63, 3.8) is 0 Å². The van der Waals surface area contributed by atoms with Crippen molar-refractivity contribution >= 4 is 11.7 Å². The molecule has 0 atom stereocenters. The fourth-order valence-corrected chi connectivity index (χ4v) is 2.76. The Kier molecular flexibility index (Phi) is 4.98. The average molecular weight is 352 g/mol. The van der Waals surface area contributed by atoms with Gasteiger partial charge in [0.25, 0.3) is 0 Å². The number of carbonyl (C=O) groups is 1. The molecule has 0 radical (unpaired) electrons. The molecule has 5 heteroatoms. The van der Waals surface area contributed by atoms with Crippen LogP contribution < -0.4 is 0 Å². The number of pyridine rings is 1. The monoisotopic (exact) mass is 352 g/mol. The third-order valence-electron chi connectivity index (χ3n) is 3.97. The van der Waals surface area contributed by atoms with Crippen LogP contribution in [0.2, 0.25) is 0 Å². The van der Waals surface area contributed by atoms with E-state index in [4.69, 9.17) is 9.47 Å². The SMILES string of the molecule is Cc1ccc(C2=C(C3=CN(C(=O)OC(C)(C)C)C=CO3)CCC=C2)cn1. The number of hydrogen-bond acceptors (Lipinski definition) is 4. The zero-order chi connectivity index (χ0) is 18.7. The Labute approximate surface area is 154 Å². The Morgan fingerprint density at radius 2 is 2.12 bits per heavy atom. The van der Waals surface area contributed by atoms with E-state index in [2.05, 4.69) is 23.2 Å². The predicted molar refractivity (Wildman–Crippen MR) is 101 cm³/mol. The lowest BCUT2D eigenvalue weighted by atomic mass is 9.92. The molecule has 1 aromatic heterocycles. The first-order chi connectivity index (χ1) is 12.3. The summed E-state index contributed by atoms with van der Waals surface area (Å²) in [5, 5.41) is 0. The number of rotatable bonds is 2. The van der Waals surface area contributed by atoms with E-state index in [1.165, 1.54) is 11.2 Å². The van der Waals surface area contributed by atoms with Gasteiger partial charge in [-0.3, -0.25) is 9.88 Å². The van der Waals surface area contributed by atoms with Gasteiger partial charge in [-0.15, -0.1) is 0 Å². The summed E-state index contributed by atoms with van der Waals surface area (Å²) in [7, 11) is 0. The Hall–Kier alpha value is -2.82. The number of hydrogen-bond donors (Lipinski definition) is 0. The third kappa shape index (κ3) is 4.23. The minimum absolute atomic E-state index is 0.431. The second-order valence-electron chi connectivity index (χ2n) is 7.31. The summed E-state index contributed by atoms with van der Waals surface area (Å²) >= 11 is 0. The van der Waals surface area contributed by atoms with E-state index in [0.29, 0.717) is 5.76 Å². The van der Waals surface area contributed by atoms with Crippen LogP contribution in [0, 0.1) is 6.92 Å². The van der Waals surface area contributed by atoms with Gasteiger partial charge in [0.05, 0.1) is 12.4 Å². The Morgan fingerprint density at radius 3 is 2.81 bits per heavy atom. The van der Waals surface area contributed by atoms with Crippen LogP contribution >= 0.6 is 0 Å². The van der Waals surface area contributed by atoms with Crippen LogP contribution in [0.3, 0.4) is 0 Å². The summed E-state index contributed by atoms with van der Waals surface area (Å²) < 4.78 is 11.2. The molecule has 2 aliphatic rings. The van der Waals surface area contributed by atoms with Gasteiger partial charge in [-0.25, -0.2) is 4.79 Å². The van der Waals surface area contributed by atoms with Gasteiger partial charge in [0.1, 0.15) is 17.6 Å². The third-order valence-corrected chi connectivity index (χ3v) is 3.97. The molecule has 0 bridgehead atoms. The van der Waals surface area contributed by atoms with Crippen molar-refractivity contribution < 1.29 is 14.3 Å². The van der Waals surface area contributed by atoms with Crippen LogP contribution in [0.4, 0.5) is 4.79 Å². The van der Waals surface area contributed by atoms with E-state index in [0.717, 1.165) is 35.2 Å². The van der Waals surface area contributed by atoms with Gasteiger partial charge < -0.3 is 9.47 Å². The summed E-state index contributed by atoms with van der Waals surface area (Å²) in [4.78, 5) is 18.2. The predicted octanol–water partition coefficient (Wildman–Crippen LogP) is 5.07. The second-order valence-corrected chi connectivity index (χ2v) is 7.31. The van der Waals surface area contributed by atoms with Crippen LogP contribution in [0.15, 0.2) is 60.5 Å². The first-order valence-electron chi connectivity index (χ1n) is 8.73. The highest BCUT2D eigenvalue weighted by atomic mass is 16.6. The summed E-state index contributed by atoms with van der Waals surface area (Å²) in [6.45, 7) is 7.50. The molecule has 0 spiro atoms. The summed E-state index contributed by atoms with van der Waals surface area (Å²) in [6.07, 6.45) is 12.2. The largest absolute Gasteiger partial charge is 0.462 e. The Balaban J connectivity index is 1.93. The fraction of sp³-hybridized carbons (Fsp3) is 0.333. The highest BCUT2D eigenvalue weighted by Crippen LogP contribution is 2.34. The lowest BCUT2D eigenvalue weighted by molar-refractivity contribution is 0.0383. The number of aryl methyl sites for hydroxylation is 1. The highest BCUT2D eigenvalue weighted by Gasteiger charge is 2.24. The van der Waals surface area contributed by atoms with Gasteiger partial charge in [-0.1, -0.05) is 18.2 Å². The van der Waals surface area contributed by atoms with Crippen molar-refractivity contribution in [2.75, 3.05) is 0 Å². The first-order valence-corrected chi connectivity index (χ1v) is 8.73. The molecule has 136 valence electrons. The molecule has 0 unspecified atom stereocenters. The van der Waals surface area contributed by atoms with E-state index in [1.807, 2.05) is 40.0 Å². The van der Waals surface area contributed by atoms with E-state index in [-0.39, 0.29) is 0 Å². The molecule has 0 aromatic carbocycles. The molecule has 1 aliphatic carbocycles.